The van der Waals surface area contributed by atoms with Crippen molar-refractivity contribution in [2.75, 3.05) is 32.1 Å². The SMILES string of the molecule is Cc1cccc(-c2n[nH]cc2-c2ccc3ncc(N4CC[C@@H](N(C)C)C4)cc3n2)n1. The molecule has 0 saturated carbocycles. The summed E-state index contributed by atoms with van der Waals surface area (Å²) in [6, 6.07) is 12.7. The lowest BCUT2D eigenvalue weighted by molar-refractivity contribution is 0.315. The summed E-state index contributed by atoms with van der Waals surface area (Å²) >= 11 is 0. The second kappa shape index (κ2) is 7.50. The Kier molecular flexibility index (Phi) is 4.67. The topological polar surface area (TPSA) is 73.8 Å². The molecular formula is C23H25N7. The summed E-state index contributed by atoms with van der Waals surface area (Å²) < 4.78 is 0. The van der Waals surface area contributed by atoms with E-state index in [1.54, 1.807) is 0 Å². The Labute approximate surface area is 175 Å². The maximum Gasteiger partial charge on any atom is 0.120 e. The highest BCUT2D eigenvalue weighted by atomic mass is 15.2. The molecule has 0 aliphatic carbocycles. The van der Waals surface area contributed by atoms with Crippen molar-refractivity contribution in [1.29, 1.82) is 0 Å². The standard InChI is InChI=1S/C23H25N7/c1-15-5-4-6-21(26-15)23-18(13-25-28-23)19-7-8-20-22(27-19)11-17(12-24-20)30-10-9-16(14-30)29(2)3/h4-8,11-13,16H,9-10,14H2,1-3H3,(H,25,28)/t16-/m1/s1. The number of hydrogen-bond acceptors (Lipinski definition) is 6. The Morgan fingerprint density at radius 1 is 1.07 bits per heavy atom. The molecule has 0 radical (unpaired) electrons. The van der Waals surface area contributed by atoms with E-state index in [2.05, 4.69) is 50.1 Å². The number of aromatic amines is 1. The molecule has 1 atom stereocenters. The zero-order chi connectivity index (χ0) is 20.7. The number of nitrogens with one attached hydrogen (secondary N) is 1. The molecule has 0 amide bonds. The van der Waals surface area contributed by atoms with Gasteiger partial charge in [-0.25, -0.2) is 4.98 Å². The lowest BCUT2D eigenvalue weighted by Crippen LogP contribution is -2.31. The van der Waals surface area contributed by atoms with Crippen molar-refractivity contribution in [3.63, 3.8) is 0 Å². The van der Waals surface area contributed by atoms with Crippen molar-refractivity contribution in [2.24, 2.45) is 0 Å². The maximum absolute atomic E-state index is 4.93. The first-order valence-corrected chi connectivity index (χ1v) is 10.2. The van der Waals surface area contributed by atoms with Gasteiger partial charge in [0, 0.05) is 36.6 Å². The average molecular weight is 400 g/mol. The first-order valence-electron chi connectivity index (χ1n) is 10.2. The number of aryl methyl sites for hydroxylation is 1. The summed E-state index contributed by atoms with van der Waals surface area (Å²) in [7, 11) is 4.29. The monoisotopic (exact) mass is 399 g/mol. The molecule has 5 heterocycles. The number of H-pyrrole nitrogens is 1. The Hall–Kier alpha value is -3.32. The average Bonchev–Trinajstić information content (AvgIpc) is 3.43. The molecule has 4 aromatic rings. The van der Waals surface area contributed by atoms with E-state index in [1.807, 2.05) is 49.6 Å². The van der Waals surface area contributed by atoms with Crippen molar-refractivity contribution < 1.29 is 0 Å². The van der Waals surface area contributed by atoms with E-state index in [0.717, 1.165) is 58.1 Å². The largest absolute Gasteiger partial charge is 0.369 e. The minimum Gasteiger partial charge on any atom is -0.369 e. The van der Waals surface area contributed by atoms with E-state index < -0.39 is 0 Å². The van der Waals surface area contributed by atoms with Gasteiger partial charge in [0.1, 0.15) is 5.69 Å². The lowest BCUT2D eigenvalue weighted by atomic mass is 10.1. The maximum atomic E-state index is 4.93. The number of nitrogens with zero attached hydrogens (tertiary/aromatic N) is 6. The predicted molar refractivity (Wildman–Crippen MR) is 119 cm³/mol. The summed E-state index contributed by atoms with van der Waals surface area (Å²) in [6.45, 7) is 4.04. The second-order valence-electron chi connectivity index (χ2n) is 8.09. The van der Waals surface area contributed by atoms with E-state index in [0.29, 0.717) is 6.04 Å². The third kappa shape index (κ3) is 3.41. The van der Waals surface area contributed by atoms with Crippen molar-refractivity contribution in [3.05, 3.63) is 54.5 Å². The minimum atomic E-state index is 0.579. The number of likely N-dealkylation sites (N-methyl/N-ethyl adjacent to an activating group) is 1. The molecule has 152 valence electrons. The summed E-state index contributed by atoms with van der Waals surface area (Å²) in [4.78, 5) is 18.9. The quantitative estimate of drug-likeness (QED) is 0.566. The van der Waals surface area contributed by atoms with Gasteiger partial charge in [0.05, 0.1) is 34.3 Å². The number of hydrogen-bond donors (Lipinski definition) is 1. The van der Waals surface area contributed by atoms with Gasteiger partial charge in [-0.15, -0.1) is 0 Å². The van der Waals surface area contributed by atoms with Crippen LogP contribution in [-0.4, -0.2) is 63.3 Å². The molecule has 4 aromatic heterocycles. The molecule has 7 nitrogen and oxygen atoms in total. The number of pyridine rings is 3. The third-order valence-electron chi connectivity index (χ3n) is 5.83. The Morgan fingerprint density at radius 2 is 1.97 bits per heavy atom. The van der Waals surface area contributed by atoms with Gasteiger partial charge >= 0.3 is 0 Å². The minimum absolute atomic E-state index is 0.579. The van der Waals surface area contributed by atoms with Crippen LogP contribution in [0.4, 0.5) is 5.69 Å². The van der Waals surface area contributed by atoms with Gasteiger partial charge in [-0.05, 0) is 57.8 Å². The van der Waals surface area contributed by atoms with Crippen LogP contribution in [0.25, 0.3) is 33.7 Å². The van der Waals surface area contributed by atoms with Crippen LogP contribution in [-0.2, 0) is 0 Å². The van der Waals surface area contributed by atoms with Crippen LogP contribution in [0.2, 0.25) is 0 Å². The molecule has 1 fully saturated rings. The van der Waals surface area contributed by atoms with Crippen molar-refractivity contribution >= 4 is 16.7 Å². The molecule has 0 aromatic carbocycles. The fraction of sp³-hybridized carbons (Fsp3) is 0.304. The zero-order valence-electron chi connectivity index (χ0n) is 17.5. The first kappa shape index (κ1) is 18.7. The van der Waals surface area contributed by atoms with Crippen LogP contribution in [0.3, 0.4) is 0 Å². The molecule has 0 bridgehead atoms. The van der Waals surface area contributed by atoms with Gasteiger partial charge in [0.25, 0.3) is 0 Å². The Balaban J connectivity index is 1.51. The number of anilines is 1. The van der Waals surface area contributed by atoms with Gasteiger partial charge in [-0.2, -0.15) is 5.10 Å². The van der Waals surface area contributed by atoms with Crippen LogP contribution in [0, 0.1) is 6.92 Å². The van der Waals surface area contributed by atoms with Crippen molar-refractivity contribution in [1.82, 2.24) is 30.0 Å². The van der Waals surface area contributed by atoms with Gasteiger partial charge in [-0.1, -0.05) is 6.07 Å². The van der Waals surface area contributed by atoms with Crippen LogP contribution in [0.5, 0.6) is 0 Å². The van der Waals surface area contributed by atoms with Crippen molar-refractivity contribution in [3.8, 4) is 22.6 Å². The van der Waals surface area contributed by atoms with Gasteiger partial charge < -0.3 is 9.80 Å². The summed E-state index contributed by atoms with van der Waals surface area (Å²) in [5.74, 6) is 0. The molecule has 1 saturated heterocycles. The third-order valence-corrected chi connectivity index (χ3v) is 5.83. The summed E-state index contributed by atoms with van der Waals surface area (Å²) in [6.07, 6.45) is 5.01. The van der Waals surface area contributed by atoms with Crippen LogP contribution < -0.4 is 4.90 Å². The van der Waals surface area contributed by atoms with Crippen LogP contribution in [0.1, 0.15) is 12.1 Å². The van der Waals surface area contributed by atoms with Gasteiger partial charge in [0.15, 0.2) is 0 Å². The van der Waals surface area contributed by atoms with Crippen molar-refractivity contribution in [2.45, 2.75) is 19.4 Å². The van der Waals surface area contributed by atoms with Gasteiger partial charge in [-0.3, -0.25) is 15.1 Å². The molecular weight excluding hydrogens is 374 g/mol. The molecule has 1 aliphatic rings. The van der Waals surface area contributed by atoms with Crippen LogP contribution >= 0.6 is 0 Å². The normalized spacial score (nSPS) is 16.7. The second-order valence-corrected chi connectivity index (χ2v) is 8.09. The number of fused-ring (bicyclic) bond motifs is 1. The van der Waals surface area contributed by atoms with Crippen LogP contribution in [0.15, 0.2) is 48.8 Å². The molecule has 0 spiro atoms. The highest BCUT2D eigenvalue weighted by molar-refractivity contribution is 5.84. The molecule has 5 rings (SSSR count). The van der Waals surface area contributed by atoms with E-state index in [9.17, 15) is 0 Å². The molecule has 1 N–H and O–H groups in total. The zero-order valence-corrected chi connectivity index (χ0v) is 17.5. The fourth-order valence-corrected chi connectivity index (χ4v) is 4.07. The first-order chi connectivity index (χ1) is 14.6. The van der Waals surface area contributed by atoms with Gasteiger partial charge in [0.2, 0.25) is 0 Å². The van der Waals surface area contributed by atoms with E-state index in [1.165, 1.54) is 6.42 Å². The number of aromatic nitrogens is 5. The molecule has 7 heteroatoms. The highest BCUT2D eigenvalue weighted by Crippen LogP contribution is 2.30. The summed E-state index contributed by atoms with van der Waals surface area (Å²) in [5.41, 5.74) is 7.32. The Bertz CT molecular complexity index is 1200. The smallest absolute Gasteiger partial charge is 0.120 e. The number of rotatable bonds is 4. The molecule has 0 unspecified atom stereocenters. The molecule has 30 heavy (non-hydrogen) atoms. The summed E-state index contributed by atoms with van der Waals surface area (Å²) in [5, 5.41) is 7.41. The highest BCUT2D eigenvalue weighted by Gasteiger charge is 2.24. The predicted octanol–water partition coefficient (Wildman–Crippen LogP) is 3.53. The fourth-order valence-electron chi connectivity index (χ4n) is 4.07. The van der Waals surface area contributed by atoms with E-state index in [4.69, 9.17) is 4.98 Å². The lowest BCUT2D eigenvalue weighted by Gasteiger charge is -2.21. The van der Waals surface area contributed by atoms with E-state index >= 15 is 0 Å². The Morgan fingerprint density at radius 3 is 2.77 bits per heavy atom. The van der Waals surface area contributed by atoms with E-state index in [-0.39, 0.29) is 0 Å². The molecule has 1 aliphatic heterocycles.